The Morgan fingerprint density at radius 3 is 2.56 bits per heavy atom. The van der Waals surface area contributed by atoms with Gasteiger partial charge in [-0.2, -0.15) is 0 Å². The molecule has 2 aliphatic rings. The Hall–Kier alpha value is -2.49. The van der Waals surface area contributed by atoms with Gasteiger partial charge < -0.3 is 9.64 Å². The van der Waals surface area contributed by atoms with E-state index in [1.165, 1.54) is 11.1 Å². The van der Waals surface area contributed by atoms with Crippen molar-refractivity contribution in [2.24, 2.45) is 5.41 Å². The number of benzene rings is 1. The number of pyridine rings is 1. The summed E-state index contributed by atoms with van der Waals surface area (Å²) in [6.07, 6.45) is 10.9. The number of carbonyl (C=O) groups excluding carboxylic acids is 1. The van der Waals surface area contributed by atoms with E-state index in [0.29, 0.717) is 19.7 Å². The van der Waals surface area contributed by atoms with Crippen molar-refractivity contribution in [1.82, 2.24) is 19.5 Å². The molecule has 1 fully saturated rings. The SMILES string of the molecule is CS(=O)(=O)NCC(=O)N1CCC2(CCCCc3ccccc3OCCN(Cc3ccncc3)C2)CC1. The maximum atomic E-state index is 12.6. The average Bonchev–Trinajstić information content (AvgIpc) is 2.86. The molecule has 3 heterocycles. The van der Waals surface area contributed by atoms with Crippen LogP contribution in [0.25, 0.3) is 0 Å². The Morgan fingerprint density at radius 2 is 1.81 bits per heavy atom. The summed E-state index contributed by atoms with van der Waals surface area (Å²) in [5.74, 6) is 0.841. The number of sulfonamides is 1. The fourth-order valence-electron chi connectivity index (χ4n) is 5.41. The molecule has 36 heavy (non-hydrogen) atoms. The summed E-state index contributed by atoms with van der Waals surface area (Å²) in [6.45, 7) is 4.37. The van der Waals surface area contributed by atoms with E-state index >= 15 is 0 Å². The maximum Gasteiger partial charge on any atom is 0.237 e. The highest BCUT2D eigenvalue weighted by atomic mass is 32.2. The summed E-state index contributed by atoms with van der Waals surface area (Å²) in [4.78, 5) is 21.1. The number of aromatic nitrogens is 1. The smallest absolute Gasteiger partial charge is 0.237 e. The number of hydrogen-bond donors (Lipinski definition) is 1. The van der Waals surface area contributed by atoms with Crippen LogP contribution < -0.4 is 9.46 Å². The van der Waals surface area contributed by atoms with E-state index in [2.05, 4.69) is 44.9 Å². The molecule has 1 saturated heterocycles. The van der Waals surface area contributed by atoms with Crippen LogP contribution in [0.4, 0.5) is 0 Å². The molecule has 2 aromatic rings. The van der Waals surface area contributed by atoms with E-state index < -0.39 is 10.0 Å². The van der Waals surface area contributed by atoms with E-state index in [1.54, 1.807) is 0 Å². The monoisotopic (exact) mass is 514 g/mol. The minimum atomic E-state index is -3.39. The van der Waals surface area contributed by atoms with Crippen LogP contribution in [0.15, 0.2) is 48.8 Å². The standard InChI is InChI=1S/C27H38N4O4S/c1-36(33,34)29-20-26(32)31-16-12-27(13-17-31)11-5-4-7-24-6-2-3-8-25(24)35-19-18-30(22-27)21-23-9-14-28-15-10-23/h2-3,6,8-10,14-15,29H,4-5,7,11-13,16-22H2,1H3. The first kappa shape index (κ1) is 26.6. The van der Waals surface area contributed by atoms with Crippen molar-refractivity contribution in [3.05, 3.63) is 59.9 Å². The number of amides is 1. The lowest BCUT2D eigenvalue weighted by Crippen LogP contribution is -2.50. The molecule has 2 aliphatic heterocycles. The average molecular weight is 515 g/mol. The number of ether oxygens (including phenoxy) is 1. The van der Waals surface area contributed by atoms with Gasteiger partial charge >= 0.3 is 0 Å². The molecule has 1 N–H and O–H groups in total. The van der Waals surface area contributed by atoms with Crippen LogP contribution in [-0.2, 0) is 27.8 Å². The van der Waals surface area contributed by atoms with Crippen molar-refractivity contribution >= 4 is 15.9 Å². The zero-order chi connectivity index (χ0) is 25.4. The number of fused-ring (bicyclic) bond motifs is 1. The number of piperidine rings is 1. The normalized spacial score (nSPS) is 19.5. The highest BCUT2D eigenvalue weighted by molar-refractivity contribution is 7.88. The second-order valence-electron chi connectivity index (χ2n) is 10.2. The van der Waals surface area contributed by atoms with Gasteiger partial charge in [-0.3, -0.25) is 14.7 Å². The predicted octanol–water partition coefficient (Wildman–Crippen LogP) is 2.85. The molecule has 1 aromatic heterocycles. The van der Waals surface area contributed by atoms with Crippen LogP contribution >= 0.6 is 0 Å². The van der Waals surface area contributed by atoms with Crippen molar-refractivity contribution in [1.29, 1.82) is 0 Å². The van der Waals surface area contributed by atoms with E-state index in [0.717, 1.165) is 70.2 Å². The van der Waals surface area contributed by atoms with Crippen molar-refractivity contribution in [2.45, 2.75) is 45.1 Å². The van der Waals surface area contributed by atoms with Gasteiger partial charge in [0.1, 0.15) is 12.4 Å². The number of nitrogens with one attached hydrogen (secondary N) is 1. The predicted molar refractivity (Wildman–Crippen MR) is 140 cm³/mol. The summed E-state index contributed by atoms with van der Waals surface area (Å²) < 4.78 is 31.4. The minimum absolute atomic E-state index is 0.118. The van der Waals surface area contributed by atoms with Crippen molar-refractivity contribution in [3.8, 4) is 5.75 Å². The van der Waals surface area contributed by atoms with Gasteiger partial charge in [-0.05, 0) is 66.8 Å². The Kier molecular flexibility index (Phi) is 8.98. The fraction of sp³-hybridized carbons (Fsp3) is 0.556. The first-order valence-electron chi connectivity index (χ1n) is 12.9. The molecule has 8 nitrogen and oxygen atoms in total. The Balaban J connectivity index is 1.47. The first-order chi connectivity index (χ1) is 17.3. The van der Waals surface area contributed by atoms with Gasteiger partial charge in [0, 0.05) is 45.1 Å². The molecule has 4 rings (SSSR count). The maximum absolute atomic E-state index is 12.6. The molecule has 0 aliphatic carbocycles. The topological polar surface area (TPSA) is 91.8 Å². The summed E-state index contributed by atoms with van der Waals surface area (Å²) in [5, 5.41) is 0. The van der Waals surface area contributed by atoms with E-state index in [9.17, 15) is 13.2 Å². The van der Waals surface area contributed by atoms with E-state index in [-0.39, 0.29) is 17.9 Å². The van der Waals surface area contributed by atoms with Crippen molar-refractivity contribution < 1.29 is 17.9 Å². The number of hydrogen-bond acceptors (Lipinski definition) is 6. The highest BCUT2D eigenvalue weighted by Gasteiger charge is 2.37. The molecular weight excluding hydrogens is 476 g/mol. The number of nitrogens with zero attached hydrogens (tertiary/aromatic N) is 3. The summed E-state index contributed by atoms with van der Waals surface area (Å²) in [6, 6.07) is 12.5. The van der Waals surface area contributed by atoms with Gasteiger partial charge in [0.05, 0.1) is 12.8 Å². The molecule has 0 saturated carbocycles. The second-order valence-corrected chi connectivity index (χ2v) is 12.0. The van der Waals surface area contributed by atoms with Gasteiger partial charge in [0.25, 0.3) is 0 Å². The third kappa shape index (κ3) is 7.75. The lowest BCUT2D eigenvalue weighted by molar-refractivity contribution is -0.132. The molecule has 0 atom stereocenters. The van der Waals surface area contributed by atoms with Crippen LogP contribution in [0, 0.1) is 5.41 Å². The second kappa shape index (κ2) is 12.2. The van der Waals surface area contributed by atoms with Crippen molar-refractivity contribution in [2.75, 3.05) is 45.6 Å². The van der Waals surface area contributed by atoms with Gasteiger partial charge in [-0.1, -0.05) is 24.6 Å². The van der Waals surface area contributed by atoms with Gasteiger partial charge in [0.2, 0.25) is 15.9 Å². The molecule has 0 unspecified atom stereocenters. The molecule has 9 heteroatoms. The Morgan fingerprint density at radius 1 is 1.06 bits per heavy atom. The lowest BCUT2D eigenvalue weighted by Gasteiger charge is -2.45. The van der Waals surface area contributed by atoms with Crippen LogP contribution in [0.1, 0.15) is 43.2 Å². The molecule has 1 spiro atoms. The number of rotatable bonds is 5. The van der Waals surface area contributed by atoms with Gasteiger partial charge in [-0.15, -0.1) is 0 Å². The quantitative estimate of drug-likeness (QED) is 0.660. The van der Waals surface area contributed by atoms with E-state index in [4.69, 9.17) is 4.74 Å². The Labute approximate surface area is 215 Å². The molecule has 1 amide bonds. The third-order valence-electron chi connectivity index (χ3n) is 7.42. The van der Waals surface area contributed by atoms with E-state index in [1.807, 2.05) is 23.4 Å². The highest BCUT2D eigenvalue weighted by Crippen LogP contribution is 2.38. The van der Waals surface area contributed by atoms with Crippen LogP contribution in [-0.4, -0.2) is 74.7 Å². The molecular formula is C27H38N4O4S. The summed E-state index contributed by atoms with van der Waals surface area (Å²) >= 11 is 0. The molecule has 0 bridgehead atoms. The van der Waals surface area contributed by atoms with Crippen LogP contribution in [0.3, 0.4) is 0 Å². The number of likely N-dealkylation sites (tertiary alicyclic amines) is 1. The van der Waals surface area contributed by atoms with Gasteiger partial charge in [-0.25, -0.2) is 13.1 Å². The summed E-state index contributed by atoms with van der Waals surface area (Å²) in [7, 11) is -3.39. The largest absolute Gasteiger partial charge is 0.492 e. The molecule has 1 aromatic carbocycles. The first-order valence-corrected chi connectivity index (χ1v) is 14.8. The zero-order valence-corrected chi connectivity index (χ0v) is 22.0. The minimum Gasteiger partial charge on any atom is -0.492 e. The number of aryl methyl sites for hydroxylation is 1. The fourth-order valence-corrected chi connectivity index (χ4v) is 5.79. The van der Waals surface area contributed by atoms with Crippen molar-refractivity contribution in [3.63, 3.8) is 0 Å². The molecule has 196 valence electrons. The Bertz CT molecular complexity index is 1100. The van der Waals surface area contributed by atoms with Crippen LogP contribution in [0.5, 0.6) is 5.75 Å². The van der Waals surface area contributed by atoms with Crippen LogP contribution in [0.2, 0.25) is 0 Å². The summed E-state index contributed by atoms with van der Waals surface area (Å²) in [5.41, 5.74) is 2.62. The number of para-hydroxylation sites is 1. The number of carbonyl (C=O) groups is 1. The molecule has 0 radical (unpaired) electrons. The third-order valence-corrected chi connectivity index (χ3v) is 8.09. The lowest BCUT2D eigenvalue weighted by atomic mass is 9.73. The van der Waals surface area contributed by atoms with Gasteiger partial charge in [0.15, 0.2) is 0 Å². The zero-order valence-electron chi connectivity index (χ0n) is 21.2.